The molecule has 0 spiro atoms. The Morgan fingerprint density at radius 2 is 1.90 bits per heavy atom. The van der Waals surface area contributed by atoms with Gasteiger partial charge in [-0.2, -0.15) is 0 Å². The number of hydrogen-bond acceptors (Lipinski definition) is 2. The van der Waals surface area contributed by atoms with Gasteiger partial charge in [-0.05, 0) is 46.5 Å². The number of halogens is 1. The summed E-state index contributed by atoms with van der Waals surface area (Å²) in [5.74, 6) is -0.180. The molecule has 1 amide bonds. The van der Waals surface area contributed by atoms with Crippen LogP contribution in [0.25, 0.3) is 0 Å². The van der Waals surface area contributed by atoms with Crippen molar-refractivity contribution >= 4 is 27.5 Å². The van der Waals surface area contributed by atoms with Crippen molar-refractivity contribution in [1.29, 1.82) is 0 Å². The summed E-state index contributed by atoms with van der Waals surface area (Å²) in [6, 6.07) is 14.9. The first-order valence-corrected chi connectivity index (χ1v) is 7.22. The van der Waals surface area contributed by atoms with Gasteiger partial charge in [-0.25, -0.2) is 0 Å². The average molecular weight is 333 g/mol. The first-order valence-electron chi connectivity index (χ1n) is 6.43. The van der Waals surface area contributed by atoms with Crippen LogP contribution in [-0.4, -0.2) is 11.9 Å². The maximum absolute atomic E-state index is 12.1. The molecule has 2 aromatic carbocycles. The number of nitrogens with two attached hydrogens (primary N) is 1. The van der Waals surface area contributed by atoms with Gasteiger partial charge in [0.15, 0.2) is 0 Å². The summed E-state index contributed by atoms with van der Waals surface area (Å²) in [5, 5.41) is 2.86. The SMILES string of the molecule is Cc1cccc(NC(=O)[C@@H](N)Cc2ccccc2)c1Br. The van der Waals surface area contributed by atoms with Crippen LogP contribution in [0.2, 0.25) is 0 Å². The molecule has 0 aromatic heterocycles. The molecule has 0 heterocycles. The molecule has 104 valence electrons. The highest BCUT2D eigenvalue weighted by Crippen LogP contribution is 2.25. The second kappa shape index (κ2) is 6.68. The third-order valence-electron chi connectivity index (χ3n) is 3.08. The molecule has 20 heavy (non-hydrogen) atoms. The molecule has 4 heteroatoms. The minimum Gasteiger partial charge on any atom is -0.324 e. The molecule has 0 radical (unpaired) electrons. The average Bonchev–Trinajstić information content (AvgIpc) is 2.45. The van der Waals surface area contributed by atoms with Gasteiger partial charge in [0.1, 0.15) is 0 Å². The van der Waals surface area contributed by atoms with E-state index < -0.39 is 6.04 Å². The molecule has 0 bridgehead atoms. The maximum Gasteiger partial charge on any atom is 0.241 e. The van der Waals surface area contributed by atoms with E-state index in [1.165, 1.54) is 0 Å². The van der Waals surface area contributed by atoms with Gasteiger partial charge >= 0.3 is 0 Å². The van der Waals surface area contributed by atoms with Crippen LogP contribution in [0.4, 0.5) is 5.69 Å². The Labute approximate surface area is 127 Å². The van der Waals surface area contributed by atoms with Crippen molar-refractivity contribution in [1.82, 2.24) is 0 Å². The summed E-state index contributed by atoms with van der Waals surface area (Å²) in [4.78, 5) is 12.1. The summed E-state index contributed by atoms with van der Waals surface area (Å²) in [6.07, 6.45) is 0.524. The van der Waals surface area contributed by atoms with Gasteiger partial charge in [0.25, 0.3) is 0 Å². The monoisotopic (exact) mass is 332 g/mol. The third-order valence-corrected chi connectivity index (χ3v) is 4.14. The topological polar surface area (TPSA) is 55.1 Å². The standard InChI is InChI=1S/C16H17BrN2O/c1-11-6-5-9-14(15(11)17)19-16(20)13(18)10-12-7-3-2-4-8-12/h2-9,13H,10,18H2,1H3,(H,19,20)/t13-/m0/s1. The molecule has 1 atom stereocenters. The predicted octanol–water partition coefficient (Wildman–Crippen LogP) is 3.27. The Morgan fingerprint density at radius 1 is 1.20 bits per heavy atom. The van der Waals surface area contributed by atoms with E-state index in [4.69, 9.17) is 5.73 Å². The molecule has 0 unspecified atom stereocenters. The second-order valence-corrected chi connectivity index (χ2v) is 5.51. The van der Waals surface area contributed by atoms with E-state index in [0.717, 1.165) is 21.3 Å². The summed E-state index contributed by atoms with van der Waals surface area (Å²) >= 11 is 3.47. The molecule has 3 N–H and O–H groups in total. The van der Waals surface area contributed by atoms with Gasteiger partial charge in [0, 0.05) is 4.47 Å². The molecule has 0 saturated carbocycles. The van der Waals surface area contributed by atoms with Crippen molar-refractivity contribution in [2.24, 2.45) is 5.73 Å². The van der Waals surface area contributed by atoms with Crippen LogP contribution >= 0.6 is 15.9 Å². The molecule has 0 aliphatic rings. The summed E-state index contributed by atoms with van der Waals surface area (Å²) in [7, 11) is 0. The smallest absolute Gasteiger partial charge is 0.241 e. The largest absolute Gasteiger partial charge is 0.324 e. The van der Waals surface area contributed by atoms with Crippen LogP contribution in [0.15, 0.2) is 53.0 Å². The van der Waals surface area contributed by atoms with Crippen LogP contribution in [0, 0.1) is 6.92 Å². The zero-order valence-electron chi connectivity index (χ0n) is 11.3. The highest BCUT2D eigenvalue weighted by molar-refractivity contribution is 9.10. The lowest BCUT2D eigenvalue weighted by Crippen LogP contribution is -2.37. The van der Waals surface area contributed by atoms with Crippen molar-refractivity contribution in [3.8, 4) is 0 Å². The second-order valence-electron chi connectivity index (χ2n) is 4.72. The molecule has 0 aliphatic carbocycles. The molecular weight excluding hydrogens is 316 g/mol. The van der Waals surface area contributed by atoms with E-state index in [0.29, 0.717) is 6.42 Å². The highest BCUT2D eigenvalue weighted by atomic mass is 79.9. The van der Waals surface area contributed by atoms with Crippen molar-refractivity contribution in [3.63, 3.8) is 0 Å². The lowest BCUT2D eigenvalue weighted by Gasteiger charge is -2.14. The third kappa shape index (κ3) is 3.68. The number of carbonyl (C=O) groups excluding carboxylic acids is 1. The number of aryl methyl sites for hydroxylation is 1. The quantitative estimate of drug-likeness (QED) is 0.902. The van der Waals surface area contributed by atoms with Crippen LogP contribution < -0.4 is 11.1 Å². The van der Waals surface area contributed by atoms with Gasteiger partial charge in [0.2, 0.25) is 5.91 Å². The maximum atomic E-state index is 12.1. The molecular formula is C16H17BrN2O. The van der Waals surface area contributed by atoms with E-state index in [2.05, 4.69) is 21.2 Å². The number of nitrogens with one attached hydrogen (secondary N) is 1. The summed E-state index contributed by atoms with van der Waals surface area (Å²) in [6.45, 7) is 1.98. The number of carbonyl (C=O) groups is 1. The lowest BCUT2D eigenvalue weighted by atomic mass is 10.1. The number of hydrogen-bond donors (Lipinski definition) is 2. The Hall–Kier alpha value is -1.65. The van der Waals surface area contributed by atoms with Gasteiger partial charge in [-0.15, -0.1) is 0 Å². The van der Waals surface area contributed by atoms with E-state index in [1.807, 2.05) is 55.5 Å². The number of benzene rings is 2. The predicted molar refractivity (Wildman–Crippen MR) is 85.6 cm³/mol. The van der Waals surface area contributed by atoms with Gasteiger partial charge in [-0.3, -0.25) is 4.79 Å². The van der Waals surface area contributed by atoms with Gasteiger partial charge in [-0.1, -0.05) is 42.5 Å². The molecule has 2 aromatic rings. The zero-order chi connectivity index (χ0) is 14.5. The van der Waals surface area contributed by atoms with Crippen molar-refractivity contribution in [2.75, 3.05) is 5.32 Å². The molecule has 0 fully saturated rings. The van der Waals surface area contributed by atoms with E-state index in [1.54, 1.807) is 0 Å². The van der Waals surface area contributed by atoms with Crippen molar-refractivity contribution in [3.05, 3.63) is 64.1 Å². The lowest BCUT2D eigenvalue weighted by molar-refractivity contribution is -0.117. The Balaban J connectivity index is 2.03. The van der Waals surface area contributed by atoms with E-state index in [-0.39, 0.29) is 5.91 Å². The fraction of sp³-hybridized carbons (Fsp3) is 0.188. The first-order chi connectivity index (χ1) is 9.58. The Bertz CT molecular complexity index is 599. The zero-order valence-corrected chi connectivity index (χ0v) is 12.9. The Morgan fingerprint density at radius 3 is 2.60 bits per heavy atom. The highest BCUT2D eigenvalue weighted by Gasteiger charge is 2.15. The number of anilines is 1. The van der Waals surface area contributed by atoms with E-state index >= 15 is 0 Å². The molecule has 0 saturated heterocycles. The van der Waals surface area contributed by atoms with E-state index in [9.17, 15) is 4.79 Å². The fourth-order valence-electron chi connectivity index (χ4n) is 1.93. The fourth-order valence-corrected chi connectivity index (χ4v) is 2.29. The Kier molecular flexibility index (Phi) is 4.93. The summed E-state index contributed by atoms with van der Waals surface area (Å²) in [5.41, 5.74) is 8.83. The van der Waals surface area contributed by atoms with Crippen molar-refractivity contribution < 1.29 is 4.79 Å². The summed E-state index contributed by atoms with van der Waals surface area (Å²) < 4.78 is 0.889. The number of amides is 1. The van der Waals surface area contributed by atoms with Crippen LogP contribution in [-0.2, 0) is 11.2 Å². The van der Waals surface area contributed by atoms with Crippen LogP contribution in [0.3, 0.4) is 0 Å². The number of rotatable bonds is 4. The molecule has 2 rings (SSSR count). The van der Waals surface area contributed by atoms with Gasteiger partial charge < -0.3 is 11.1 Å². The van der Waals surface area contributed by atoms with Crippen LogP contribution in [0.1, 0.15) is 11.1 Å². The molecule has 0 aliphatic heterocycles. The minimum absolute atomic E-state index is 0.180. The van der Waals surface area contributed by atoms with Crippen LogP contribution in [0.5, 0.6) is 0 Å². The minimum atomic E-state index is -0.565. The van der Waals surface area contributed by atoms with Gasteiger partial charge in [0.05, 0.1) is 11.7 Å². The van der Waals surface area contributed by atoms with Crippen molar-refractivity contribution in [2.45, 2.75) is 19.4 Å². The first kappa shape index (κ1) is 14.8. The normalized spacial score (nSPS) is 11.9. The molecule has 3 nitrogen and oxygen atoms in total.